The minimum Gasteiger partial charge on any atom is -0.493 e. The van der Waals surface area contributed by atoms with E-state index in [-0.39, 0.29) is 29.6 Å². The van der Waals surface area contributed by atoms with E-state index in [2.05, 4.69) is 5.32 Å². The van der Waals surface area contributed by atoms with Gasteiger partial charge in [0.05, 0.1) is 20.1 Å². The van der Waals surface area contributed by atoms with Crippen molar-refractivity contribution in [3.8, 4) is 11.5 Å². The molecular formula is C21H32N2O4. The molecule has 1 heterocycles. The van der Waals surface area contributed by atoms with Crippen LogP contribution in [0.2, 0.25) is 0 Å². The second-order valence-electron chi connectivity index (χ2n) is 7.48. The Kier molecular flexibility index (Phi) is 7.51. The highest BCUT2D eigenvalue weighted by Crippen LogP contribution is 2.42. The summed E-state index contributed by atoms with van der Waals surface area (Å²) < 4.78 is 11.0. The second-order valence-corrected chi connectivity index (χ2v) is 7.48. The SMILES string of the molecule is CCCNC(=O)[C@H]1CN(C(=O)CC(C)C)C[C@H]1c1cccc(OC)c1OC. The maximum absolute atomic E-state index is 12.8. The summed E-state index contributed by atoms with van der Waals surface area (Å²) >= 11 is 0. The van der Waals surface area contributed by atoms with E-state index in [4.69, 9.17) is 9.47 Å². The lowest BCUT2D eigenvalue weighted by Gasteiger charge is -2.21. The van der Waals surface area contributed by atoms with Gasteiger partial charge in [0.15, 0.2) is 11.5 Å². The van der Waals surface area contributed by atoms with Crippen LogP contribution in [0.1, 0.15) is 45.1 Å². The van der Waals surface area contributed by atoms with E-state index in [1.54, 1.807) is 14.2 Å². The summed E-state index contributed by atoms with van der Waals surface area (Å²) in [5.41, 5.74) is 0.911. The van der Waals surface area contributed by atoms with Gasteiger partial charge in [0.25, 0.3) is 0 Å². The molecule has 0 unspecified atom stereocenters. The highest BCUT2D eigenvalue weighted by Gasteiger charge is 2.41. The van der Waals surface area contributed by atoms with Gasteiger partial charge in [-0.2, -0.15) is 0 Å². The number of likely N-dealkylation sites (tertiary alicyclic amines) is 1. The first kappa shape index (κ1) is 21.1. The van der Waals surface area contributed by atoms with Crippen molar-refractivity contribution in [3.05, 3.63) is 23.8 Å². The van der Waals surface area contributed by atoms with E-state index in [0.717, 1.165) is 12.0 Å². The second kappa shape index (κ2) is 9.62. The number of ether oxygens (including phenoxy) is 2. The number of nitrogens with one attached hydrogen (secondary N) is 1. The number of hydrogen-bond acceptors (Lipinski definition) is 4. The van der Waals surface area contributed by atoms with Crippen molar-refractivity contribution in [2.45, 2.75) is 39.5 Å². The fourth-order valence-electron chi connectivity index (χ4n) is 3.65. The maximum Gasteiger partial charge on any atom is 0.225 e. The standard InChI is InChI=1S/C21H32N2O4/c1-6-10-22-21(25)17-13-23(19(24)11-14(2)3)12-16(17)15-8-7-9-18(26-4)20(15)27-5/h7-9,14,16-17H,6,10-13H2,1-5H3,(H,22,25)/t16-,17-/m0/s1. The molecule has 1 aromatic rings. The summed E-state index contributed by atoms with van der Waals surface area (Å²) in [7, 11) is 3.20. The highest BCUT2D eigenvalue weighted by atomic mass is 16.5. The van der Waals surface area contributed by atoms with Crippen LogP contribution in [0.25, 0.3) is 0 Å². The Labute approximate surface area is 162 Å². The summed E-state index contributed by atoms with van der Waals surface area (Å²) in [4.78, 5) is 27.3. The van der Waals surface area contributed by atoms with Gasteiger partial charge in [0.2, 0.25) is 11.8 Å². The zero-order valence-electron chi connectivity index (χ0n) is 17.1. The number of hydrogen-bond donors (Lipinski definition) is 1. The summed E-state index contributed by atoms with van der Waals surface area (Å²) in [5.74, 6) is 1.23. The Morgan fingerprint density at radius 1 is 1.22 bits per heavy atom. The van der Waals surface area contributed by atoms with E-state index in [9.17, 15) is 9.59 Å². The summed E-state index contributed by atoms with van der Waals surface area (Å²) in [6.07, 6.45) is 1.37. The van der Waals surface area contributed by atoms with Gasteiger partial charge in [-0.25, -0.2) is 0 Å². The fraction of sp³-hybridized carbons (Fsp3) is 0.619. The van der Waals surface area contributed by atoms with Crippen molar-refractivity contribution >= 4 is 11.8 Å². The number of amides is 2. The Hall–Kier alpha value is -2.24. The predicted molar refractivity (Wildman–Crippen MR) is 105 cm³/mol. The molecule has 0 bridgehead atoms. The van der Waals surface area contributed by atoms with Gasteiger partial charge in [-0.3, -0.25) is 9.59 Å². The summed E-state index contributed by atoms with van der Waals surface area (Å²) in [6, 6.07) is 5.70. The Balaban J connectivity index is 2.35. The highest BCUT2D eigenvalue weighted by molar-refractivity contribution is 5.83. The van der Waals surface area contributed by atoms with Crippen LogP contribution in [-0.4, -0.2) is 50.6 Å². The molecule has 150 valence electrons. The first-order chi connectivity index (χ1) is 12.9. The molecule has 0 aromatic heterocycles. The van der Waals surface area contributed by atoms with Crippen molar-refractivity contribution in [3.63, 3.8) is 0 Å². The molecule has 0 saturated carbocycles. The largest absolute Gasteiger partial charge is 0.493 e. The molecule has 1 fully saturated rings. The summed E-state index contributed by atoms with van der Waals surface area (Å²) in [6.45, 7) is 7.67. The van der Waals surface area contributed by atoms with Crippen LogP contribution in [0.5, 0.6) is 11.5 Å². The summed E-state index contributed by atoms with van der Waals surface area (Å²) in [5, 5.41) is 2.99. The van der Waals surface area contributed by atoms with Gasteiger partial charge in [-0.05, 0) is 18.4 Å². The first-order valence-electron chi connectivity index (χ1n) is 9.69. The van der Waals surface area contributed by atoms with Crippen LogP contribution in [-0.2, 0) is 9.59 Å². The minimum atomic E-state index is -0.298. The normalized spacial score (nSPS) is 19.3. The molecule has 2 rings (SSSR count). The van der Waals surface area contributed by atoms with Crippen LogP contribution in [0.3, 0.4) is 0 Å². The molecular weight excluding hydrogens is 344 g/mol. The molecule has 1 aliphatic heterocycles. The molecule has 2 atom stereocenters. The third-order valence-electron chi connectivity index (χ3n) is 4.97. The van der Waals surface area contributed by atoms with Crippen molar-refractivity contribution in [1.82, 2.24) is 10.2 Å². The molecule has 1 aliphatic rings. The molecule has 2 amide bonds. The average molecular weight is 376 g/mol. The lowest BCUT2D eigenvalue weighted by atomic mass is 9.87. The van der Waals surface area contributed by atoms with Crippen molar-refractivity contribution in [1.29, 1.82) is 0 Å². The molecule has 1 N–H and O–H groups in total. The van der Waals surface area contributed by atoms with E-state index >= 15 is 0 Å². The van der Waals surface area contributed by atoms with Crippen LogP contribution in [0.15, 0.2) is 18.2 Å². The van der Waals surface area contributed by atoms with Crippen LogP contribution < -0.4 is 14.8 Å². The molecule has 27 heavy (non-hydrogen) atoms. The number of para-hydroxylation sites is 1. The van der Waals surface area contributed by atoms with E-state index < -0.39 is 0 Å². The Morgan fingerprint density at radius 3 is 2.56 bits per heavy atom. The number of rotatable bonds is 8. The van der Waals surface area contributed by atoms with Gasteiger partial charge < -0.3 is 19.7 Å². The topological polar surface area (TPSA) is 67.9 Å². The quantitative estimate of drug-likeness (QED) is 0.758. The van der Waals surface area contributed by atoms with Crippen LogP contribution in [0.4, 0.5) is 0 Å². The third-order valence-corrected chi connectivity index (χ3v) is 4.97. The average Bonchev–Trinajstić information content (AvgIpc) is 3.10. The van der Waals surface area contributed by atoms with Gasteiger partial charge in [0, 0.05) is 37.5 Å². The van der Waals surface area contributed by atoms with Crippen molar-refractivity contribution < 1.29 is 19.1 Å². The number of benzene rings is 1. The first-order valence-corrected chi connectivity index (χ1v) is 9.69. The smallest absolute Gasteiger partial charge is 0.225 e. The molecule has 0 aliphatic carbocycles. The molecule has 1 aromatic carbocycles. The number of nitrogens with zero attached hydrogens (tertiary/aromatic N) is 1. The zero-order chi connectivity index (χ0) is 20.0. The Morgan fingerprint density at radius 2 is 1.96 bits per heavy atom. The molecule has 6 heteroatoms. The van der Waals surface area contributed by atoms with Crippen LogP contribution in [0, 0.1) is 11.8 Å². The van der Waals surface area contributed by atoms with Gasteiger partial charge in [0.1, 0.15) is 0 Å². The monoisotopic (exact) mass is 376 g/mol. The lowest BCUT2D eigenvalue weighted by Crippen LogP contribution is -2.36. The molecule has 1 saturated heterocycles. The third kappa shape index (κ3) is 4.93. The Bertz CT molecular complexity index is 660. The minimum absolute atomic E-state index is 0.00781. The number of carbonyl (C=O) groups is 2. The van der Waals surface area contributed by atoms with Gasteiger partial charge in [-0.15, -0.1) is 0 Å². The zero-order valence-corrected chi connectivity index (χ0v) is 17.1. The van der Waals surface area contributed by atoms with Gasteiger partial charge in [-0.1, -0.05) is 32.9 Å². The molecule has 6 nitrogen and oxygen atoms in total. The van der Waals surface area contributed by atoms with E-state index in [0.29, 0.717) is 37.6 Å². The van der Waals surface area contributed by atoms with Gasteiger partial charge >= 0.3 is 0 Å². The predicted octanol–water partition coefficient (Wildman–Crippen LogP) is 2.82. The van der Waals surface area contributed by atoms with Crippen molar-refractivity contribution in [2.24, 2.45) is 11.8 Å². The van der Waals surface area contributed by atoms with E-state index in [1.807, 2.05) is 43.9 Å². The van der Waals surface area contributed by atoms with Crippen LogP contribution >= 0.6 is 0 Å². The maximum atomic E-state index is 12.8. The van der Waals surface area contributed by atoms with Crippen molar-refractivity contribution in [2.75, 3.05) is 33.9 Å². The fourth-order valence-corrected chi connectivity index (χ4v) is 3.65. The molecule has 0 radical (unpaired) electrons. The number of carbonyl (C=O) groups excluding carboxylic acids is 2. The molecule has 0 spiro atoms. The van der Waals surface area contributed by atoms with E-state index in [1.165, 1.54) is 0 Å². The lowest BCUT2D eigenvalue weighted by molar-refractivity contribution is -0.131. The number of methoxy groups -OCH3 is 2.